The Morgan fingerprint density at radius 1 is 1.03 bits per heavy atom. The van der Waals surface area contributed by atoms with Crippen LogP contribution >= 0.6 is 11.6 Å². The van der Waals surface area contributed by atoms with Crippen LogP contribution in [-0.4, -0.2) is 30.6 Å². The van der Waals surface area contributed by atoms with Crippen LogP contribution < -0.4 is 14.9 Å². The summed E-state index contributed by atoms with van der Waals surface area (Å²) in [6.45, 7) is 9.41. The number of carbonyl (C=O) groups excluding carboxylic acids is 1. The minimum Gasteiger partial charge on any atom is -0.490 e. The Balaban J connectivity index is 1.91. The molecule has 2 heterocycles. The minimum absolute atomic E-state index is 0.101. The van der Waals surface area contributed by atoms with E-state index < -0.39 is 6.04 Å². The smallest absolute Gasteiger partial charge is 0.290 e. The van der Waals surface area contributed by atoms with E-state index in [9.17, 15) is 9.59 Å². The van der Waals surface area contributed by atoms with Gasteiger partial charge in [-0.25, -0.2) is 0 Å². The van der Waals surface area contributed by atoms with E-state index >= 15 is 0 Å². The zero-order valence-electron chi connectivity index (χ0n) is 20.1. The molecular weight excluding hydrogens is 454 g/mol. The largest absolute Gasteiger partial charge is 0.490 e. The number of aryl methyl sites for hydroxylation is 1. The highest BCUT2D eigenvalue weighted by Gasteiger charge is 2.42. The Labute approximate surface area is 204 Å². The number of hydrogen-bond acceptors (Lipinski definition) is 5. The summed E-state index contributed by atoms with van der Waals surface area (Å²) in [4.78, 5) is 28.9. The Kier molecular flexibility index (Phi) is 7.17. The fraction of sp³-hybridized carbons (Fsp3) is 0.407. The zero-order valence-corrected chi connectivity index (χ0v) is 20.8. The predicted octanol–water partition coefficient (Wildman–Crippen LogP) is 6.29. The van der Waals surface area contributed by atoms with Gasteiger partial charge >= 0.3 is 0 Å². The average Bonchev–Trinajstić information content (AvgIpc) is 3.10. The zero-order chi connectivity index (χ0) is 24.4. The van der Waals surface area contributed by atoms with E-state index in [1.807, 2.05) is 39.0 Å². The Hall–Kier alpha value is -2.99. The van der Waals surface area contributed by atoms with Crippen molar-refractivity contribution in [1.82, 2.24) is 4.90 Å². The molecule has 0 saturated carbocycles. The lowest BCUT2D eigenvalue weighted by atomic mass is 9.97. The predicted molar refractivity (Wildman–Crippen MR) is 133 cm³/mol. The summed E-state index contributed by atoms with van der Waals surface area (Å²) in [5.41, 5.74) is 2.04. The summed E-state index contributed by atoms with van der Waals surface area (Å²) in [6, 6.07) is 8.37. The van der Waals surface area contributed by atoms with Gasteiger partial charge in [-0.3, -0.25) is 9.59 Å². The fourth-order valence-corrected chi connectivity index (χ4v) is 4.50. The van der Waals surface area contributed by atoms with Gasteiger partial charge in [0, 0.05) is 11.6 Å². The molecule has 1 aliphatic rings. The van der Waals surface area contributed by atoms with Gasteiger partial charge in [-0.05, 0) is 62.1 Å². The van der Waals surface area contributed by atoms with Crippen molar-refractivity contribution in [3.63, 3.8) is 0 Å². The number of rotatable bonds is 9. The van der Waals surface area contributed by atoms with Gasteiger partial charge in [-0.1, -0.05) is 37.9 Å². The van der Waals surface area contributed by atoms with Gasteiger partial charge < -0.3 is 18.8 Å². The van der Waals surface area contributed by atoms with Crippen LogP contribution in [-0.2, 0) is 0 Å². The molecule has 2 aromatic carbocycles. The first-order valence-corrected chi connectivity index (χ1v) is 12.3. The third-order valence-corrected chi connectivity index (χ3v) is 6.45. The standard InChI is InChI=1S/C27H30ClNO5/c1-5-8-11-29-24(17-9-10-20(33-12-6-2)22(14-17)32-7-3)23-25(30)18-15-19(28)16(4)13-21(18)34-26(23)27(29)31/h9-10,13-15,24H,5-8,11-12H2,1-4H3. The summed E-state index contributed by atoms with van der Waals surface area (Å²) in [6.07, 6.45) is 2.60. The molecule has 180 valence electrons. The van der Waals surface area contributed by atoms with Crippen molar-refractivity contribution in [2.24, 2.45) is 0 Å². The van der Waals surface area contributed by atoms with E-state index in [1.165, 1.54) is 0 Å². The summed E-state index contributed by atoms with van der Waals surface area (Å²) in [5.74, 6) is 1.06. The second-order valence-electron chi connectivity index (χ2n) is 8.51. The maximum Gasteiger partial charge on any atom is 0.290 e. The number of amides is 1. The first kappa shape index (κ1) is 24.1. The van der Waals surface area contributed by atoms with Crippen LogP contribution in [0.3, 0.4) is 0 Å². The first-order chi connectivity index (χ1) is 16.4. The number of unbranched alkanes of at least 4 members (excludes halogenated alkanes) is 1. The topological polar surface area (TPSA) is 69.0 Å². The van der Waals surface area contributed by atoms with Crippen LogP contribution in [0.15, 0.2) is 39.5 Å². The fourth-order valence-electron chi connectivity index (χ4n) is 4.34. The molecule has 0 saturated heterocycles. The molecule has 4 rings (SSSR count). The van der Waals surface area contributed by atoms with Crippen molar-refractivity contribution in [2.75, 3.05) is 19.8 Å². The molecule has 0 aliphatic carbocycles. The molecule has 1 atom stereocenters. The van der Waals surface area contributed by atoms with Gasteiger partial charge in [-0.15, -0.1) is 0 Å². The van der Waals surface area contributed by atoms with Crippen molar-refractivity contribution >= 4 is 28.5 Å². The van der Waals surface area contributed by atoms with Crippen molar-refractivity contribution in [1.29, 1.82) is 0 Å². The van der Waals surface area contributed by atoms with Crippen LogP contribution in [0, 0.1) is 6.92 Å². The highest BCUT2D eigenvalue weighted by molar-refractivity contribution is 6.32. The van der Waals surface area contributed by atoms with E-state index in [1.54, 1.807) is 17.0 Å². The molecule has 1 amide bonds. The molecule has 0 radical (unpaired) electrons. The van der Waals surface area contributed by atoms with Gasteiger partial charge in [0.25, 0.3) is 5.91 Å². The van der Waals surface area contributed by atoms with Gasteiger partial charge in [0.15, 0.2) is 16.9 Å². The van der Waals surface area contributed by atoms with E-state index in [0.29, 0.717) is 52.8 Å². The Morgan fingerprint density at radius 2 is 1.82 bits per heavy atom. The molecule has 0 bridgehead atoms. The molecule has 0 fully saturated rings. The molecule has 0 N–H and O–H groups in total. The van der Waals surface area contributed by atoms with Crippen LogP contribution in [0.5, 0.6) is 11.5 Å². The van der Waals surface area contributed by atoms with Crippen LogP contribution in [0.25, 0.3) is 11.0 Å². The van der Waals surface area contributed by atoms with E-state index in [2.05, 4.69) is 6.92 Å². The quantitative estimate of drug-likeness (QED) is 0.358. The normalized spacial score (nSPS) is 15.1. The van der Waals surface area contributed by atoms with E-state index in [0.717, 1.165) is 30.4 Å². The maximum atomic E-state index is 13.7. The molecule has 1 aliphatic heterocycles. The number of halogens is 1. The van der Waals surface area contributed by atoms with Crippen LogP contribution in [0.2, 0.25) is 5.02 Å². The molecule has 6 nitrogen and oxygen atoms in total. The van der Waals surface area contributed by atoms with Gasteiger partial charge in [0.05, 0.1) is 30.2 Å². The van der Waals surface area contributed by atoms with Gasteiger partial charge in [-0.2, -0.15) is 0 Å². The number of nitrogens with zero attached hydrogens (tertiary/aromatic N) is 1. The molecular formula is C27H30ClNO5. The van der Waals surface area contributed by atoms with Crippen molar-refractivity contribution in [2.45, 2.75) is 53.0 Å². The summed E-state index contributed by atoms with van der Waals surface area (Å²) < 4.78 is 17.7. The van der Waals surface area contributed by atoms with Gasteiger partial charge in [0.1, 0.15) is 5.58 Å². The number of fused-ring (bicyclic) bond motifs is 2. The summed E-state index contributed by atoms with van der Waals surface area (Å²) >= 11 is 6.32. The number of ether oxygens (including phenoxy) is 2. The van der Waals surface area contributed by atoms with Gasteiger partial charge in [0.2, 0.25) is 5.76 Å². The van der Waals surface area contributed by atoms with E-state index in [-0.39, 0.29) is 17.1 Å². The van der Waals surface area contributed by atoms with Crippen molar-refractivity contribution < 1.29 is 18.7 Å². The Bertz CT molecular complexity index is 1280. The molecule has 0 spiro atoms. The van der Waals surface area contributed by atoms with Crippen molar-refractivity contribution in [3.05, 3.63) is 68.0 Å². The lowest BCUT2D eigenvalue weighted by Gasteiger charge is -2.25. The summed E-state index contributed by atoms with van der Waals surface area (Å²) in [5, 5.41) is 0.858. The summed E-state index contributed by atoms with van der Waals surface area (Å²) in [7, 11) is 0. The lowest BCUT2D eigenvalue weighted by Crippen LogP contribution is -2.30. The monoisotopic (exact) mass is 483 g/mol. The van der Waals surface area contributed by atoms with E-state index in [4.69, 9.17) is 25.5 Å². The number of benzene rings is 2. The third-order valence-electron chi connectivity index (χ3n) is 6.04. The highest BCUT2D eigenvalue weighted by Crippen LogP contribution is 2.41. The second kappa shape index (κ2) is 10.1. The number of hydrogen-bond donors (Lipinski definition) is 0. The molecule has 1 aromatic heterocycles. The van der Waals surface area contributed by atoms with Crippen LogP contribution in [0.4, 0.5) is 0 Å². The lowest BCUT2D eigenvalue weighted by molar-refractivity contribution is 0.0725. The molecule has 1 unspecified atom stereocenters. The van der Waals surface area contributed by atoms with Crippen LogP contribution in [0.1, 0.15) is 73.3 Å². The maximum absolute atomic E-state index is 13.7. The molecule has 7 heteroatoms. The minimum atomic E-state index is -0.575. The third kappa shape index (κ3) is 4.27. The average molecular weight is 484 g/mol. The van der Waals surface area contributed by atoms with Crippen molar-refractivity contribution in [3.8, 4) is 11.5 Å². The first-order valence-electron chi connectivity index (χ1n) is 11.9. The Morgan fingerprint density at radius 3 is 2.53 bits per heavy atom. The molecule has 34 heavy (non-hydrogen) atoms. The molecule has 3 aromatic rings. The highest BCUT2D eigenvalue weighted by atomic mass is 35.5. The second-order valence-corrected chi connectivity index (χ2v) is 8.92. The SMILES string of the molecule is CCCCN1C(=O)c2oc3cc(C)c(Cl)cc3c(=O)c2C1c1ccc(OCCC)c(OCC)c1. The number of carbonyl (C=O) groups is 1.